The highest BCUT2D eigenvalue weighted by Gasteiger charge is 2.51. The number of ether oxygens (including phenoxy) is 2. The number of para-hydroxylation sites is 1. The Labute approximate surface area is 179 Å². The highest BCUT2D eigenvalue weighted by atomic mass is 16.6. The Balaban J connectivity index is 2.17. The zero-order chi connectivity index (χ0) is 22.1. The summed E-state index contributed by atoms with van der Waals surface area (Å²) in [4.78, 5) is 27.6. The number of likely N-dealkylation sites (N-methyl/N-ethyl adjacent to an activating group) is 1. The van der Waals surface area contributed by atoms with Crippen molar-refractivity contribution in [2.75, 3.05) is 14.2 Å². The molecule has 0 saturated heterocycles. The van der Waals surface area contributed by atoms with Gasteiger partial charge in [0, 0.05) is 36.6 Å². The number of aryl methyl sites for hydroxylation is 1. The molecule has 1 amide bonds. The van der Waals surface area contributed by atoms with Crippen LogP contribution in [0.1, 0.15) is 58.4 Å². The minimum Gasteiger partial charge on any atom is -0.467 e. The molecule has 6 nitrogen and oxygen atoms in total. The normalized spacial score (nSPS) is 17.4. The highest BCUT2D eigenvalue weighted by Crippen LogP contribution is 2.47. The van der Waals surface area contributed by atoms with Gasteiger partial charge in [-0.2, -0.15) is 0 Å². The average Bonchev–Trinajstić information content (AvgIpc) is 3.05. The van der Waals surface area contributed by atoms with Gasteiger partial charge < -0.3 is 14.0 Å². The molecular formula is C24H34N2O4. The van der Waals surface area contributed by atoms with Gasteiger partial charge >= 0.3 is 12.1 Å². The Morgan fingerprint density at radius 1 is 1.13 bits per heavy atom. The monoisotopic (exact) mass is 414 g/mol. The van der Waals surface area contributed by atoms with E-state index >= 15 is 0 Å². The first-order valence-corrected chi connectivity index (χ1v) is 10.7. The van der Waals surface area contributed by atoms with Crippen molar-refractivity contribution in [3.05, 3.63) is 36.0 Å². The summed E-state index contributed by atoms with van der Waals surface area (Å²) >= 11 is 0. The number of aromatic nitrogens is 1. The Bertz CT molecular complexity index is 919. The van der Waals surface area contributed by atoms with E-state index in [1.807, 2.05) is 40.0 Å². The average molecular weight is 415 g/mol. The number of esters is 1. The van der Waals surface area contributed by atoms with Crippen molar-refractivity contribution in [1.82, 2.24) is 9.47 Å². The summed E-state index contributed by atoms with van der Waals surface area (Å²) in [6.07, 6.45) is 6.36. The van der Waals surface area contributed by atoms with Crippen LogP contribution >= 0.6 is 0 Å². The second-order valence-electron chi connectivity index (χ2n) is 9.40. The van der Waals surface area contributed by atoms with E-state index in [0.29, 0.717) is 0 Å². The van der Waals surface area contributed by atoms with E-state index in [9.17, 15) is 9.59 Å². The number of benzene rings is 1. The molecule has 3 rings (SSSR count). The van der Waals surface area contributed by atoms with Gasteiger partial charge in [-0.3, -0.25) is 4.90 Å². The van der Waals surface area contributed by atoms with Crippen molar-refractivity contribution in [3.63, 3.8) is 0 Å². The molecule has 0 bridgehead atoms. The number of carbonyl (C=O) groups is 2. The van der Waals surface area contributed by atoms with E-state index in [0.717, 1.165) is 48.6 Å². The topological polar surface area (TPSA) is 60.8 Å². The van der Waals surface area contributed by atoms with Crippen LogP contribution < -0.4 is 0 Å². The molecule has 1 aliphatic rings. The molecule has 1 heterocycles. The van der Waals surface area contributed by atoms with Crippen molar-refractivity contribution in [2.45, 2.75) is 69.9 Å². The Morgan fingerprint density at radius 3 is 2.37 bits per heavy atom. The second-order valence-corrected chi connectivity index (χ2v) is 9.40. The summed E-state index contributed by atoms with van der Waals surface area (Å²) in [6.45, 7) is 5.48. The zero-order valence-electron chi connectivity index (χ0n) is 19.0. The fraction of sp³-hybridized carbons (Fsp3) is 0.583. The van der Waals surface area contributed by atoms with Crippen LogP contribution in [-0.4, -0.2) is 47.3 Å². The maximum absolute atomic E-state index is 13.2. The zero-order valence-corrected chi connectivity index (χ0v) is 19.0. The lowest BCUT2D eigenvalue weighted by Crippen LogP contribution is -2.57. The third kappa shape index (κ3) is 4.05. The van der Waals surface area contributed by atoms with E-state index in [2.05, 4.69) is 22.9 Å². The van der Waals surface area contributed by atoms with E-state index in [4.69, 9.17) is 9.47 Å². The smallest absolute Gasteiger partial charge is 0.410 e. The number of fused-ring (bicyclic) bond motifs is 1. The molecule has 164 valence electrons. The predicted molar refractivity (Wildman–Crippen MR) is 117 cm³/mol. The van der Waals surface area contributed by atoms with Crippen LogP contribution in [0.5, 0.6) is 0 Å². The lowest BCUT2D eigenvalue weighted by molar-refractivity contribution is -0.150. The molecule has 1 fully saturated rings. The predicted octanol–water partition coefficient (Wildman–Crippen LogP) is 4.79. The van der Waals surface area contributed by atoms with Crippen molar-refractivity contribution in [3.8, 4) is 0 Å². The van der Waals surface area contributed by atoms with E-state index in [1.54, 1.807) is 7.05 Å². The van der Waals surface area contributed by atoms with E-state index in [-0.39, 0.29) is 0 Å². The molecule has 0 unspecified atom stereocenters. The van der Waals surface area contributed by atoms with Crippen LogP contribution in [0.3, 0.4) is 0 Å². The SMILES string of the molecule is COC(=O)[C@@H](N(C)C(=O)OC(C)(C)C)C1(c2cn(C)c3ccccc23)CCCCC1. The summed E-state index contributed by atoms with van der Waals surface area (Å²) in [5, 5.41) is 1.12. The van der Waals surface area contributed by atoms with Gasteiger partial charge in [0.25, 0.3) is 0 Å². The fourth-order valence-electron chi connectivity index (χ4n) is 4.92. The van der Waals surface area contributed by atoms with Gasteiger partial charge in [-0.15, -0.1) is 0 Å². The molecule has 0 radical (unpaired) electrons. The van der Waals surface area contributed by atoms with Gasteiger partial charge in [-0.05, 0) is 45.2 Å². The number of methoxy groups -OCH3 is 1. The largest absolute Gasteiger partial charge is 0.467 e. The summed E-state index contributed by atoms with van der Waals surface area (Å²) in [7, 11) is 5.06. The summed E-state index contributed by atoms with van der Waals surface area (Å²) in [5.41, 5.74) is 1.04. The number of hydrogen-bond donors (Lipinski definition) is 0. The summed E-state index contributed by atoms with van der Waals surface area (Å²) in [6, 6.07) is 7.46. The number of carbonyl (C=O) groups excluding carboxylic acids is 2. The molecule has 1 aromatic carbocycles. The van der Waals surface area contributed by atoms with Crippen molar-refractivity contribution in [2.24, 2.45) is 7.05 Å². The molecule has 1 atom stereocenters. The van der Waals surface area contributed by atoms with Gasteiger partial charge in [-0.1, -0.05) is 37.5 Å². The van der Waals surface area contributed by atoms with Crippen molar-refractivity contribution >= 4 is 23.0 Å². The standard InChI is InChI=1S/C24H34N2O4/c1-23(2,3)30-22(28)26(5)20(21(27)29-6)24(14-10-7-11-15-24)18-16-25(4)19-13-9-8-12-17(18)19/h8-9,12-13,16,20H,7,10-11,14-15H2,1-6H3/t20-/m1/s1. The molecule has 0 spiro atoms. The third-order valence-corrected chi connectivity index (χ3v) is 6.20. The van der Waals surface area contributed by atoms with Crippen LogP contribution in [0.15, 0.2) is 30.5 Å². The molecule has 0 N–H and O–H groups in total. The minimum atomic E-state index is -0.761. The summed E-state index contributed by atoms with van der Waals surface area (Å²) in [5.74, 6) is -0.404. The minimum absolute atomic E-state index is 0.404. The van der Waals surface area contributed by atoms with E-state index < -0.39 is 29.1 Å². The molecule has 6 heteroatoms. The lowest BCUT2D eigenvalue weighted by atomic mass is 9.64. The summed E-state index contributed by atoms with van der Waals surface area (Å²) < 4.78 is 13.0. The highest BCUT2D eigenvalue weighted by molar-refractivity contribution is 5.89. The van der Waals surface area contributed by atoms with Gasteiger partial charge in [0.05, 0.1) is 7.11 Å². The number of nitrogens with zero attached hydrogens (tertiary/aromatic N) is 2. The Hall–Kier alpha value is -2.50. The Kier molecular flexibility index (Phi) is 6.16. The van der Waals surface area contributed by atoms with Crippen LogP contribution in [0, 0.1) is 0 Å². The molecule has 1 aliphatic carbocycles. The Morgan fingerprint density at radius 2 is 1.77 bits per heavy atom. The first-order chi connectivity index (χ1) is 14.1. The maximum atomic E-state index is 13.2. The molecule has 2 aromatic rings. The maximum Gasteiger partial charge on any atom is 0.410 e. The second kappa shape index (κ2) is 8.32. The van der Waals surface area contributed by atoms with Gasteiger partial charge in [0.15, 0.2) is 0 Å². The first kappa shape index (κ1) is 22.2. The van der Waals surface area contributed by atoms with Crippen LogP contribution in [0.25, 0.3) is 10.9 Å². The molecule has 1 aromatic heterocycles. The van der Waals surface area contributed by atoms with Gasteiger partial charge in [-0.25, -0.2) is 9.59 Å². The van der Waals surface area contributed by atoms with Gasteiger partial charge in [0.2, 0.25) is 0 Å². The quantitative estimate of drug-likeness (QED) is 0.675. The molecule has 30 heavy (non-hydrogen) atoms. The third-order valence-electron chi connectivity index (χ3n) is 6.20. The first-order valence-electron chi connectivity index (χ1n) is 10.7. The number of amides is 1. The molecule has 0 aliphatic heterocycles. The van der Waals surface area contributed by atoms with Crippen LogP contribution in [-0.2, 0) is 26.7 Å². The molecular weight excluding hydrogens is 380 g/mol. The van der Waals surface area contributed by atoms with Gasteiger partial charge in [0.1, 0.15) is 11.6 Å². The van der Waals surface area contributed by atoms with Crippen LogP contribution in [0.4, 0.5) is 4.79 Å². The molecule has 1 saturated carbocycles. The van der Waals surface area contributed by atoms with E-state index in [1.165, 1.54) is 12.0 Å². The lowest BCUT2D eigenvalue weighted by Gasteiger charge is -2.45. The van der Waals surface area contributed by atoms with Crippen molar-refractivity contribution in [1.29, 1.82) is 0 Å². The van der Waals surface area contributed by atoms with Crippen molar-refractivity contribution < 1.29 is 19.1 Å². The number of hydrogen-bond acceptors (Lipinski definition) is 4. The fourth-order valence-corrected chi connectivity index (χ4v) is 4.92. The number of rotatable bonds is 4. The van der Waals surface area contributed by atoms with Crippen LogP contribution in [0.2, 0.25) is 0 Å².